The lowest BCUT2D eigenvalue weighted by molar-refractivity contribution is -0.136. The Bertz CT molecular complexity index is 1500. The minimum absolute atomic E-state index is 0.224. The Morgan fingerprint density at radius 1 is 1.14 bits per heavy atom. The first kappa shape index (κ1) is 25.4. The molecule has 36 heavy (non-hydrogen) atoms. The summed E-state index contributed by atoms with van der Waals surface area (Å²) in [4.78, 5) is 31.7. The van der Waals surface area contributed by atoms with Crippen molar-refractivity contribution >= 4 is 23.4 Å². The second kappa shape index (κ2) is 10.5. The Hall–Kier alpha value is -3.65. The van der Waals surface area contributed by atoms with Crippen LogP contribution in [0.2, 0.25) is 0 Å². The molecule has 0 radical (unpaired) electrons. The van der Waals surface area contributed by atoms with Gasteiger partial charge >= 0.3 is 5.97 Å². The van der Waals surface area contributed by atoms with Crippen molar-refractivity contribution in [3.8, 4) is 11.5 Å². The standard InChI is InChI=1S/C28H30N2O5S/c1-7-35-21-13-8-18(14-22(21)33-5)15-23-26(31)30-25(20-11-9-19(10-12-20)16(2)3)24(27(32)34-6)17(4)29-28(30)36-23/h8-16,25H,7H2,1-6H3/b23-15-. The molecule has 1 atom stereocenters. The molecule has 7 nitrogen and oxygen atoms in total. The van der Waals surface area contributed by atoms with Gasteiger partial charge in [-0.1, -0.05) is 55.5 Å². The molecular formula is C28H30N2O5S. The maximum atomic E-state index is 13.7. The zero-order valence-corrected chi connectivity index (χ0v) is 22.1. The molecule has 0 spiro atoms. The number of benzene rings is 2. The van der Waals surface area contributed by atoms with Crippen molar-refractivity contribution in [1.29, 1.82) is 0 Å². The van der Waals surface area contributed by atoms with Crippen LogP contribution in [-0.2, 0) is 9.53 Å². The minimum Gasteiger partial charge on any atom is -0.493 e. The van der Waals surface area contributed by atoms with Gasteiger partial charge in [0.2, 0.25) is 0 Å². The molecule has 0 N–H and O–H groups in total. The summed E-state index contributed by atoms with van der Waals surface area (Å²) < 4.78 is 18.2. The lowest BCUT2D eigenvalue weighted by Gasteiger charge is -2.24. The molecule has 2 aromatic carbocycles. The number of hydrogen-bond donors (Lipinski definition) is 0. The van der Waals surface area contributed by atoms with E-state index in [1.807, 2.05) is 49.4 Å². The van der Waals surface area contributed by atoms with Gasteiger partial charge in [-0.3, -0.25) is 9.36 Å². The van der Waals surface area contributed by atoms with Gasteiger partial charge in [0.15, 0.2) is 16.3 Å². The Morgan fingerprint density at radius 3 is 2.47 bits per heavy atom. The van der Waals surface area contributed by atoms with Crippen LogP contribution in [0, 0.1) is 0 Å². The van der Waals surface area contributed by atoms with E-state index >= 15 is 0 Å². The van der Waals surface area contributed by atoms with Gasteiger partial charge in [-0.15, -0.1) is 0 Å². The van der Waals surface area contributed by atoms with E-state index in [2.05, 4.69) is 18.8 Å². The number of nitrogens with zero attached hydrogens (tertiary/aromatic N) is 2. The normalized spacial score (nSPS) is 15.5. The van der Waals surface area contributed by atoms with Crippen molar-refractivity contribution in [2.45, 2.75) is 39.7 Å². The Labute approximate surface area is 214 Å². The first-order valence-electron chi connectivity index (χ1n) is 11.8. The molecule has 8 heteroatoms. The number of fused-ring (bicyclic) bond motifs is 1. The molecule has 0 bridgehead atoms. The van der Waals surface area contributed by atoms with E-state index in [9.17, 15) is 9.59 Å². The molecular weight excluding hydrogens is 476 g/mol. The Kier molecular flexibility index (Phi) is 7.45. The third-order valence-corrected chi connectivity index (χ3v) is 7.11. The highest BCUT2D eigenvalue weighted by Gasteiger charge is 2.33. The average Bonchev–Trinajstić information content (AvgIpc) is 3.17. The molecule has 3 aromatic rings. The molecule has 0 amide bonds. The Morgan fingerprint density at radius 2 is 1.86 bits per heavy atom. The predicted molar refractivity (Wildman–Crippen MR) is 140 cm³/mol. The highest BCUT2D eigenvalue weighted by atomic mass is 32.1. The zero-order valence-electron chi connectivity index (χ0n) is 21.3. The largest absolute Gasteiger partial charge is 0.493 e. The fourth-order valence-electron chi connectivity index (χ4n) is 4.27. The van der Waals surface area contributed by atoms with Gasteiger partial charge in [0.05, 0.1) is 42.7 Å². The number of methoxy groups -OCH3 is 2. The molecule has 1 aromatic heterocycles. The van der Waals surface area contributed by atoms with Crippen molar-refractivity contribution in [3.63, 3.8) is 0 Å². The Balaban J connectivity index is 1.89. The van der Waals surface area contributed by atoms with Crippen molar-refractivity contribution in [3.05, 3.63) is 90.1 Å². The molecule has 1 unspecified atom stereocenters. The number of rotatable bonds is 7. The maximum Gasteiger partial charge on any atom is 0.338 e. The third-order valence-electron chi connectivity index (χ3n) is 6.13. The van der Waals surface area contributed by atoms with Crippen molar-refractivity contribution in [1.82, 2.24) is 4.57 Å². The minimum atomic E-state index is -0.632. The number of esters is 1. The monoisotopic (exact) mass is 506 g/mol. The summed E-state index contributed by atoms with van der Waals surface area (Å²) in [6.45, 7) is 8.45. The predicted octanol–water partition coefficient (Wildman–Crippen LogP) is 3.94. The highest BCUT2D eigenvalue weighted by molar-refractivity contribution is 7.07. The van der Waals surface area contributed by atoms with Gasteiger partial charge in [0.25, 0.3) is 5.56 Å². The average molecular weight is 507 g/mol. The fraction of sp³-hybridized carbons (Fsp3) is 0.321. The number of carbonyl (C=O) groups is 1. The summed E-state index contributed by atoms with van der Waals surface area (Å²) in [7, 11) is 2.92. The van der Waals surface area contributed by atoms with Crippen LogP contribution in [0.25, 0.3) is 6.08 Å². The molecule has 2 heterocycles. The number of carbonyl (C=O) groups excluding carboxylic acids is 1. The van der Waals surface area contributed by atoms with Crippen molar-refractivity contribution in [2.75, 3.05) is 20.8 Å². The van der Waals surface area contributed by atoms with E-state index < -0.39 is 12.0 Å². The SMILES string of the molecule is CCOc1ccc(/C=c2\sc3n(c2=O)C(c2ccc(C(C)C)cc2)C(C(=O)OC)=C(C)N=3)cc1OC. The molecule has 0 aliphatic carbocycles. The van der Waals surface area contributed by atoms with Crippen LogP contribution in [0.1, 0.15) is 56.3 Å². The van der Waals surface area contributed by atoms with E-state index in [1.165, 1.54) is 24.0 Å². The number of allylic oxidation sites excluding steroid dienone is 1. The van der Waals surface area contributed by atoms with Gasteiger partial charge in [-0.2, -0.15) is 0 Å². The highest BCUT2D eigenvalue weighted by Crippen LogP contribution is 2.32. The quantitative estimate of drug-likeness (QED) is 0.454. The molecule has 0 fully saturated rings. The van der Waals surface area contributed by atoms with E-state index in [-0.39, 0.29) is 5.56 Å². The first-order valence-corrected chi connectivity index (χ1v) is 12.6. The van der Waals surface area contributed by atoms with Crippen LogP contribution in [0.3, 0.4) is 0 Å². The smallest absolute Gasteiger partial charge is 0.338 e. The van der Waals surface area contributed by atoms with Gasteiger partial charge in [0.1, 0.15) is 0 Å². The van der Waals surface area contributed by atoms with Gasteiger partial charge in [0, 0.05) is 0 Å². The molecule has 1 aliphatic heterocycles. The van der Waals surface area contributed by atoms with E-state index in [4.69, 9.17) is 14.2 Å². The van der Waals surface area contributed by atoms with E-state index in [0.717, 1.165) is 11.1 Å². The van der Waals surface area contributed by atoms with Gasteiger partial charge in [-0.05, 0) is 54.7 Å². The van der Waals surface area contributed by atoms with Crippen molar-refractivity contribution < 1.29 is 19.0 Å². The molecule has 0 saturated heterocycles. The topological polar surface area (TPSA) is 79.1 Å². The van der Waals surface area contributed by atoms with E-state index in [1.54, 1.807) is 24.7 Å². The summed E-state index contributed by atoms with van der Waals surface area (Å²) in [6.07, 6.45) is 1.80. The summed E-state index contributed by atoms with van der Waals surface area (Å²) in [5, 5.41) is 0. The van der Waals surface area contributed by atoms with Crippen LogP contribution < -0.4 is 24.4 Å². The zero-order chi connectivity index (χ0) is 26.0. The fourth-order valence-corrected chi connectivity index (χ4v) is 5.32. The van der Waals surface area contributed by atoms with E-state index in [0.29, 0.717) is 44.6 Å². The van der Waals surface area contributed by atoms with Gasteiger partial charge < -0.3 is 14.2 Å². The third kappa shape index (κ3) is 4.73. The van der Waals surface area contributed by atoms with Gasteiger partial charge in [-0.25, -0.2) is 9.79 Å². The number of hydrogen-bond acceptors (Lipinski definition) is 7. The lowest BCUT2D eigenvalue weighted by Crippen LogP contribution is -2.39. The summed E-state index contributed by atoms with van der Waals surface area (Å²) in [5.74, 6) is 1.09. The van der Waals surface area contributed by atoms with Crippen LogP contribution in [0.5, 0.6) is 11.5 Å². The number of ether oxygens (including phenoxy) is 3. The van der Waals surface area contributed by atoms with Crippen LogP contribution in [0.4, 0.5) is 0 Å². The first-order chi connectivity index (χ1) is 17.3. The summed E-state index contributed by atoms with van der Waals surface area (Å²) in [5.41, 5.74) is 3.47. The van der Waals surface area contributed by atoms with Crippen LogP contribution >= 0.6 is 11.3 Å². The van der Waals surface area contributed by atoms with Crippen LogP contribution in [-0.4, -0.2) is 31.4 Å². The second-order valence-corrected chi connectivity index (χ2v) is 9.75. The summed E-state index contributed by atoms with van der Waals surface area (Å²) >= 11 is 1.29. The second-order valence-electron chi connectivity index (χ2n) is 8.74. The maximum absolute atomic E-state index is 13.7. The van der Waals surface area contributed by atoms with Crippen LogP contribution in [0.15, 0.2) is 63.5 Å². The summed E-state index contributed by atoms with van der Waals surface area (Å²) in [6, 6.07) is 12.9. The lowest BCUT2D eigenvalue weighted by atomic mass is 9.93. The van der Waals surface area contributed by atoms with Crippen molar-refractivity contribution in [2.24, 2.45) is 4.99 Å². The molecule has 4 rings (SSSR count). The molecule has 0 saturated carbocycles. The number of thiazole rings is 1. The molecule has 188 valence electrons. The number of aromatic nitrogens is 1. The molecule has 1 aliphatic rings.